The summed E-state index contributed by atoms with van der Waals surface area (Å²) < 4.78 is 15.6. The van der Waals surface area contributed by atoms with Gasteiger partial charge in [0.15, 0.2) is 0 Å². The lowest BCUT2D eigenvalue weighted by molar-refractivity contribution is -0.120. The predicted molar refractivity (Wildman–Crippen MR) is 88.0 cm³/mol. The highest BCUT2D eigenvalue weighted by Crippen LogP contribution is 2.24. The Hall–Kier alpha value is -3.02. The van der Waals surface area contributed by atoms with Crippen molar-refractivity contribution in [3.63, 3.8) is 0 Å². The van der Waals surface area contributed by atoms with Gasteiger partial charge in [-0.1, -0.05) is 0 Å². The monoisotopic (exact) mass is 327 g/mol. The second kappa shape index (κ2) is 6.62. The van der Waals surface area contributed by atoms with Gasteiger partial charge >= 0.3 is 5.63 Å². The Balaban J connectivity index is 1.83. The quantitative estimate of drug-likeness (QED) is 0.728. The van der Waals surface area contributed by atoms with Crippen LogP contribution in [0.4, 0.5) is 0 Å². The van der Waals surface area contributed by atoms with Crippen LogP contribution in [0.1, 0.15) is 16.9 Å². The maximum absolute atomic E-state index is 12.2. The third-order valence-corrected chi connectivity index (χ3v) is 3.87. The second-order valence-electron chi connectivity index (χ2n) is 5.39. The molecule has 0 spiro atoms. The molecule has 0 aliphatic carbocycles. The van der Waals surface area contributed by atoms with Crippen LogP contribution >= 0.6 is 0 Å². The molecule has 1 amide bonds. The van der Waals surface area contributed by atoms with Gasteiger partial charge in [-0.05, 0) is 36.8 Å². The Morgan fingerprint density at radius 1 is 1.29 bits per heavy atom. The van der Waals surface area contributed by atoms with Gasteiger partial charge in [0.05, 0.1) is 31.9 Å². The molecule has 0 saturated carbocycles. The van der Waals surface area contributed by atoms with Gasteiger partial charge in [0.25, 0.3) is 0 Å². The van der Waals surface area contributed by atoms with Gasteiger partial charge in [-0.2, -0.15) is 0 Å². The lowest BCUT2D eigenvalue weighted by Gasteiger charge is -2.09. The Morgan fingerprint density at radius 2 is 2.12 bits per heavy atom. The highest BCUT2D eigenvalue weighted by Gasteiger charge is 2.15. The van der Waals surface area contributed by atoms with E-state index in [0.717, 1.165) is 10.9 Å². The molecule has 6 heteroatoms. The van der Waals surface area contributed by atoms with Crippen molar-refractivity contribution in [2.45, 2.75) is 19.9 Å². The van der Waals surface area contributed by atoms with Crippen molar-refractivity contribution in [2.75, 3.05) is 7.11 Å². The number of carbonyl (C=O) groups excluding carboxylic acids is 1. The number of hydrogen-bond acceptors (Lipinski definition) is 5. The minimum Gasteiger partial charge on any atom is -0.497 e. The molecule has 0 radical (unpaired) electrons. The molecule has 0 fully saturated rings. The van der Waals surface area contributed by atoms with Crippen LogP contribution in [0, 0.1) is 6.92 Å². The van der Waals surface area contributed by atoms with Gasteiger partial charge in [-0.15, -0.1) is 0 Å². The van der Waals surface area contributed by atoms with E-state index in [0.29, 0.717) is 22.7 Å². The largest absolute Gasteiger partial charge is 0.497 e. The topological polar surface area (TPSA) is 81.7 Å². The summed E-state index contributed by atoms with van der Waals surface area (Å²) in [6.45, 7) is 2.09. The molecule has 0 atom stereocenters. The first-order chi connectivity index (χ1) is 11.6. The number of methoxy groups -OCH3 is 1. The molecule has 1 N–H and O–H groups in total. The Kier molecular flexibility index (Phi) is 4.37. The van der Waals surface area contributed by atoms with Crippen molar-refractivity contribution in [1.29, 1.82) is 0 Å². The molecule has 3 rings (SSSR count). The SMILES string of the molecule is COc1ccc2c(C)c(CC(=O)NCc3ccco3)c(=O)oc2c1. The molecule has 1 aromatic carbocycles. The number of carbonyl (C=O) groups is 1. The van der Waals surface area contributed by atoms with Crippen LogP contribution in [-0.2, 0) is 17.8 Å². The summed E-state index contributed by atoms with van der Waals surface area (Å²) in [6.07, 6.45) is 1.49. The summed E-state index contributed by atoms with van der Waals surface area (Å²) in [5, 5.41) is 3.50. The number of furan rings is 1. The van der Waals surface area contributed by atoms with Crippen LogP contribution in [0.5, 0.6) is 5.75 Å². The molecular formula is C18H17NO5. The maximum Gasteiger partial charge on any atom is 0.340 e. The van der Waals surface area contributed by atoms with E-state index in [1.165, 1.54) is 6.26 Å². The van der Waals surface area contributed by atoms with E-state index in [1.807, 2.05) is 6.07 Å². The third kappa shape index (κ3) is 3.17. The van der Waals surface area contributed by atoms with Crippen molar-refractivity contribution < 1.29 is 18.4 Å². The third-order valence-electron chi connectivity index (χ3n) is 3.87. The molecule has 0 aliphatic rings. The van der Waals surface area contributed by atoms with E-state index in [9.17, 15) is 9.59 Å². The van der Waals surface area contributed by atoms with E-state index < -0.39 is 5.63 Å². The molecule has 3 aromatic rings. The number of fused-ring (bicyclic) bond motifs is 1. The molecule has 2 aromatic heterocycles. The zero-order valence-corrected chi connectivity index (χ0v) is 13.4. The van der Waals surface area contributed by atoms with E-state index in [-0.39, 0.29) is 18.9 Å². The van der Waals surface area contributed by atoms with Crippen molar-refractivity contribution in [3.05, 3.63) is 63.9 Å². The first kappa shape index (κ1) is 15.9. The number of nitrogens with one attached hydrogen (secondary N) is 1. The summed E-state index contributed by atoms with van der Waals surface area (Å²) in [4.78, 5) is 24.3. The fourth-order valence-electron chi connectivity index (χ4n) is 2.53. The minimum atomic E-state index is -0.513. The van der Waals surface area contributed by atoms with E-state index in [1.54, 1.807) is 38.3 Å². The first-order valence-corrected chi connectivity index (χ1v) is 7.48. The Bertz CT molecular complexity index is 924. The van der Waals surface area contributed by atoms with Gasteiger partial charge in [0, 0.05) is 11.5 Å². The highest BCUT2D eigenvalue weighted by molar-refractivity contribution is 5.85. The lowest BCUT2D eigenvalue weighted by Crippen LogP contribution is -2.27. The number of ether oxygens (including phenoxy) is 1. The molecule has 2 heterocycles. The smallest absolute Gasteiger partial charge is 0.340 e. The number of amides is 1. The van der Waals surface area contributed by atoms with Crippen molar-refractivity contribution >= 4 is 16.9 Å². The molecule has 0 aliphatic heterocycles. The maximum atomic E-state index is 12.2. The van der Waals surface area contributed by atoms with Crippen molar-refractivity contribution in [3.8, 4) is 5.75 Å². The number of benzene rings is 1. The molecule has 124 valence electrons. The van der Waals surface area contributed by atoms with E-state index in [4.69, 9.17) is 13.6 Å². The zero-order chi connectivity index (χ0) is 17.1. The normalized spacial score (nSPS) is 10.8. The number of aryl methyl sites for hydroxylation is 1. The van der Waals surface area contributed by atoms with Gasteiger partial charge in [-0.25, -0.2) is 4.79 Å². The Morgan fingerprint density at radius 3 is 2.83 bits per heavy atom. The Labute approximate surface area is 138 Å². The van der Waals surface area contributed by atoms with Gasteiger partial charge in [-0.3, -0.25) is 4.79 Å². The summed E-state index contributed by atoms with van der Waals surface area (Å²) in [5.41, 5.74) is 1.01. The first-order valence-electron chi connectivity index (χ1n) is 7.48. The molecule has 0 unspecified atom stereocenters. The summed E-state index contributed by atoms with van der Waals surface area (Å²) in [5.74, 6) is 0.987. The van der Waals surface area contributed by atoms with Gasteiger partial charge < -0.3 is 18.9 Å². The van der Waals surface area contributed by atoms with E-state index >= 15 is 0 Å². The average Bonchev–Trinajstić information content (AvgIpc) is 3.09. The van der Waals surface area contributed by atoms with Crippen molar-refractivity contribution in [2.24, 2.45) is 0 Å². The fraction of sp³-hybridized carbons (Fsp3) is 0.222. The second-order valence-corrected chi connectivity index (χ2v) is 5.39. The lowest BCUT2D eigenvalue weighted by atomic mass is 10.0. The highest BCUT2D eigenvalue weighted by atomic mass is 16.5. The fourth-order valence-corrected chi connectivity index (χ4v) is 2.53. The zero-order valence-electron chi connectivity index (χ0n) is 13.4. The molecule has 6 nitrogen and oxygen atoms in total. The van der Waals surface area contributed by atoms with Crippen LogP contribution in [-0.4, -0.2) is 13.0 Å². The molecule has 24 heavy (non-hydrogen) atoms. The average molecular weight is 327 g/mol. The van der Waals surface area contributed by atoms with Gasteiger partial charge in [0.2, 0.25) is 5.91 Å². The molecule has 0 bridgehead atoms. The van der Waals surface area contributed by atoms with Crippen LogP contribution in [0.15, 0.2) is 50.2 Å². The number of hydrogen-bond donors (Lipinski definition) is 1. The molecule has 0 saturated heterocycles. The standard InChI is InChI=1S/C18H17NO5/c1-11-14-6-5-12(22-2)8-16(14)24-18(21)15(11)9-17(20)19-10-13-4-3-7-23-13/h3-8H,9-10H2,1-2H3,(H,19,20). The van der Waals surface area contributed by atoms with E-state index in [2.05, 4.69) is 5.32 Å². The molecular weight excluding hydrogens is 310 g/mol. The summed E-state index contributed by atoms with van der Waals surface area (Å²) in [6, 6.07) is 8.78. The van der Waals surface area contributed by atoms with Crippen molar-refractivity contribution in [1.82, 2.24) is 5.32 Å². The minimum absolute atomic E-state index is 0.0448. The summed E-state index contributed by atoms with van der Waals surface area (Å²) in [7, 11) is 1.55. The van der Waals surface area contributed by atoms with Gasteiger partial charge in [0.1, 0.15) is 17.1 Å². The van der Waals surface area contributed by atoms with Crippen LogP contribution < -0.4 is 15.7 Å². The number of rotatable bonds is 5. The van der Waals surface area contributed by atoms with Crippen LogP contribution in [0.2, 0.25) is 0 Å². The predicted octanol–water partition coefficient (Wildman–Crippen LogP) is 2.56. The summed E-state index contributed by atoms with van der Waals surface area (Å²) >= 11 is 0. The van der Waals surface area contributed by atoms with Crippen LogP contribution in [0.25, 0.3) is 11.0 Å². The van der Waals surface area contributed by atoms with Crippen LogP contribution in [0.3, 0.4) is 0 Å².